The minimum atomic E-state index is 0.500. The van der Waals surface area contributed by atoms with E-state index in [2.05, 4.69) is 20.6 Å². The van der Waals surface area contributed by atoms with Crippen molar-refractivity contribution in [2.75, 3.05) is 5.32 Å². The fourth-order valence-corrected chi connectivity index (χ4v) is 2.84. The zero-order valence-electron chi connectivity index (χ0n) is 8.99. The molecule has 0 amide bonds. The van der Waals surface area contributed by atoms with Gasteiger partial charge in [0.25, 0.3) is 0 Å². The fourth-order valence-electron chi connectivity index (χ4n) is 2.74. The predicted octanol–water partition coefficient (Wildman–Crippen LogP) is 1.82. The Hall–Kier alpha value is -0.870. The van der Waals surface area contributed by atoms with Crippen LogP contribution in [-0.2, 0) is 0 Å². The highest BCUT2D eigenvalue weighted by Gasteiger charge is 2.33. The van der Waals surface area contributed by atoms with Crippen LogP contribution in [0.15, 0.2) is 12.4 Å². The molecule has 2 N–H and O–H groups in total. The zero-order valence-corrected chi connectivity index (χ0v) is 9.74. The Balaban J connectivity index is 1.64. The van der Waals surface area contributed by atoms with Crippen molar-refractivity contribution >= 4 is 17.5 Å². The van der Waals surface area contributed by atoms with Crippen LogP contribution >= 0.6 is 11.6 Å². The van der Waals surface area contributed by atoms with Crippen LogP contribution in [0.25, 0.3) is 0 Å². The number of aromatic nitrogens is 2. The molecule has 5 heteroatoms. The van der Waals surface area contributed by atoms with Gasteiger partial charge in [-0.25, -0.2) is 9.97 Å². The molecule has 1 aromatic rings. The van der Waals surface area contributed by atoms with Crippen LogP contribution < -0.4 is 10.6 Å². The molecular formula is C11H15ClN4. The van der Waals surface area contributed by atoms with Gasteiger partial charge in [-0.3, -0.25) is 0 Å². The predicted molar refractivity (Wildman–Crippen MR) is 63.6 cm³/mol. The van der Waals surface area contributed by atoms with Gasteiger partial charge < -0.3 is 10.6 Å². The summed E-state index contributed by atoms with van der Waals surface area (Å²) in [4.78, 5) is 8.34. The molecule has 2 fully saturated rings. The van der Waals surface area contributed by atoms with Crippen molar-refractivity contribution < 1.29 is 0 Å². The molecule has 2 atom stereocenters. The van der Waals surface area contributed by atoms with E-state index in [1.807, 2.05) is 0 Å². The van der Waals surface area contributed by atoms with Crippen molar-refractivity contribution in [3.05, 3.63) is 17.4 Å². The maximum absolute atomic E-state index is 5.75. The third-order valence-electron chi connectivity index (χ3n) is 3.43. The smallest absolute Gasteiger partial charge is 0.222 e. The van der Waals surface area contributed by atoms with Gasteiger partial charge >= 0.3 is 0 Å². The minimum Gasteiger partial charge on any atom is -0.351 e. The molecule has 2 unspecified atom stereocenters. The summed E-state index contributed by atoms with van der Waals surface area (Å²) < 4.78 is 0. The molecule has 0 aromatic carbocycles. The third-order valence-corrected chi connectivity index (χ3v) is 3.62. The number of nitrogens with one attached hydrogen (secondary N) is 2. The summed E-state index contributed by atoms with van der Waals surface area (Å²) in [5, 5.41) is 7.58. The summed E-state index contributed by atoms with van der Waals surface area (Å²) in [6, 6.07) is 1.87. The first-order chi connectivity index (χ1) is 7.79. The highest BCUT2D eigenvalue weighted by atomic mass is 35.5. The second-order valence-electron chi connectivity index (χ2n) is 4.68. The quantitative estimate of drug-likeness (QED) is 0.826. The molecule has 1 aromatic heterocycles. The average molecular weight is 239 g/mol. The van der Waals surface area contributed by atoms with E-state index >= 15 is 0 Å². The van der Waals surface area contributed by atoms with Crippen LogP contribution in [-0.4, -0.2) is 28.1 Å². The van der Waals surface area contributed by atoms with E-state index in [1.165, 1.54) is 25.7 Å². The fraction of sp³-hybridized carbons (Fsp3) is 0.636. The van der Waals surface area contributed by atoms with Gasteiger partial charge in [0, 0.05) is 18.1 Å². The molecule has 2 bridgehead atoms. The monoisotopic (exact) mass is 238 g/mol. The van der Waals surface area contributed by atoms with Gasteiger partial charge in [-0.2, -0.15) is 0 Å². The van der Waals surface area contributed by atoms with Gasteiger partial charge in [0.1, 0.15) is 0 Å². The molecule has 3 heterocycles. The number of fused-ring (bicyclic) bond motifs is 2. The van der Waals surface area contributed by atoms with Crippen molar-refractivity contribution in [3.8, 4) is 0 Å². The van der Waals surface area contributed by atoms with Crippen LogP contribution in [0, 0.1) is 0 Å². The summed E-state index contributed by atoms with van der Waals surface area (Å²) >= 11 is 5.75. The van der Waals surface area contributed by atoms with Crippen molar-refractivity contribution in [3.63, 3.8) is 0 Å². The maximum Gasteiger partial charge on any atom is 0.222 e. The molecule has 0 saturated carbocycles. The lowest BCUT2D eigenvalue weighted by atomic mass is 10.0. The Morgan fingerprint density at radius 1 is 1.19 bits per heavy atom. The SMILES string of the molecule is Clc1cnc(NC2CC3CCC(C2)N3)nc1. The lowest BCUT2D eigenvalue weighted by Gasteiger charge is -2.29. The lowest BCUT2D eigenvalue weighted by Crippen LogP contribution is -2.43. The molecule has 0 spiro atoms. The third kappa shape index (κ3) is 2.13. The number of hydrogen-bond acceptors (Lipinski definition) is 4. The van der Waals surface area contributed by atoms with Crippen molar-refractivity contribution in [1.82, 2.24) is 15.3 Å². The van der Waals surface area contributed by atoms with E-state index in [-0.39, 0.29) is 0 Å². The summed E-state index contributed by atoms with van der Waals surface area (Å²) in [7, 11) is 0. The highest BCUT2D eigenvalue weighted by Crippen LogP contribution is 2.28. The van der Waals surface area contributed by atoms with Gasteiger partial charge in [0.15, 0.2) is 0 Å². The van der Waals surface area contributed by atoms with E-state index < -0.39 is 0 Å². The number of anilines is 1. The van der Waals surface area contributed by atoms with Gasteiger partial charge in [-0.1, -0.05) is 11.6 Å². The standard InChI is InChI=1S/C11H15ClN4/c12-7-5-13-11(14-6-7)16-10-3-8-1-2-9(4-10)15-8/h5-6,8-10,15H,1-4H2,(H,13,14,16). The number of halogens is 1. The maximum atomic E-state index is 5.75. The molecule has 0 radical (unpaired) electrons. The van der Waals surface area contributed by atoms with E-state index in [4.69, 9.17) is 11.6 Å². The van der Waals surface area contributed by atoms with Crippen LogP contribution in [0.5, 0.6) is 0 Å². The molecule has 16 heavy (non-hydrogen) atoms. The number of hydrogen-bond donors (Lipinski definition) is 2. The summed E-state index contributed by atoms with van der Waals surface area (Å²) in [6.07, 6.45) is 8.22. The number of rotatable bonds is 2. The first kappa shape index (κ1) is 10.3. The second kappa shape index (κ2) is 4.18. The molecule has 2 aliphatic rings. The van der Waals surface area contributed by atoms with Crippen molar-refractivity contribution in [2.24, 2.45) is 0 Å². The van der Waals surface area contributed by atoms with E-state index in [0.29, 0.717) is 29.1 Å². The topological polar surface area (TPSA) is 49.8 Å². The van der Waals surface area contributed by atoms with Crippen LogP contribution in [0.2, 0.25) is 5.02 Å². The molecule has 86 valence electrons. The van der Waals surface area contributed by atoms with Gasteiger partial charge in [0.05, 0.1) is 17.4 Å². The second-order valence-corrected chi connectivity index (χ2v) is 5.11. The number of nitrogens with zero attached hydrogens (tertiary/aromatic N) is 2. The first-order valence-corrected chi connectivity index (χ1v) is 6.17. The zero-order chi connectivity index (χ0) is 11.0. The Kier molecular flexibility index (Phi) is 2.69. The highest BCUT2D eigenvalue weighted by molar-refractivity contribution is 6.30. The van der Waals surface area contributed by atoms with E-state index in [9.17, 15) is 0 Å². The summed E-state index contributed by atoms with van der Waals surface area (Å²) in [5.41, 5.74) is 0. The van der Waals surface area contributed by atoms with E-state index in [0.717, 1.165) is 0 Å². The number of piperidine rings is 1. The van der Waals surface area contributed by atoms with Gasteiger partial charge in [-0.05, 0) is 25.7 Å². The molecule has 3 rings (SSSR count). The molecule has 0 aliphatic carbocycles. The lowest BCUT2D eigenvalue weighted by molar-refractivity contribution is 0.377. The van der Waals surface area contributed by atoms with Crippen LogP contribution in [0.3, 0.4) is 0 Å². The Morgan fingerprint density at radius 3 is 2.44 bits per heavy atom. The Morgan fingerprint density at radius 2 is 1.81 bits per heavy atom. The average Bonchev–Trinajstić information content (AvgIpc) is 2.62. The molecular weight excluding hydrogens is 224 g/mol. The first-order valence-electron chi connectivity index (χ1n) is 5.80. The molecule has 4 nitrogen and oxygen atoms in total. The molecule has 2 aliphatic heterocycles. The van der Waals surface area contributed by atoms with Gasteiger partial charge in [-0.15, -0.1) is 0 Å². The largest absolute Gasteiger partial charge is 0.351 e. The van der Waals surface area contributed by atoms with E-state index in [1.54, 1.807) is 12.4 Å². The van der Waals surface area contributed by atoms with Crippen LogP contribution in [0.4, 0.5) is 5.95 Å². The van der Waals surface area contributed by atoms with Crippen LogP contribution in [0.1, 0.15) is 25.7 Å². The van der Waals surface area contributed by atoms with Crippen molar-refractivity contribution in [1.29, 1.82) is 0 Å². The minimum absolute atomic E-state index is 0.500. The van der Waals surface area contributed by atoms with Crippen molar-refractivity contribution in [2.45, 2.75) is 43.8 Å². The molecule has 2 saturated heterocycles. The van der Waals surface area contributed by atoms with Gasteiger partial charge in [0.2, 0.25) is 5.95 Å². The Labute approximate surface area is 99.8 Å². The summed E-state index contributed by atoms with van der Waals surface area (Å²) in [6.45, 7) is 0. The Bertz CT molecular complexity index is 355. The summed E-state index contributed by atoms with van der Waals surface area (Å²) in [5.74, 6) is 0.690. The normalized spacial score (nSPS) is 32.7.